The Balaban J connectivity index is 1.63. The van der Waals surface area contributed by atoms with Crippen LogP contribution in [0.2, 0.25) is 0 Å². The van der Waals surface area contributed by atoms with Crippen molar-refractivity contribution in [2.45, 2.75) is 12.5 Å². The van der Waals surface area contributed by atoms with Gasteiger partial charge in [-0.3, -0.25) is 25.0 Å². The van der Waals surface area contributed by atoms with Crippen LogP contribution in [0.15, 0.2) is 64.6 Å². The first-order chi connectivity index (χ1) is 13.9. The minimum absolute atomic E-state index is 0.0141. The molecule has 29 heavy (non-hydrogen) atoms. The highest BCUT2D eigenvalue weighted by atomic mass is 16.6. The van der Waals surface area contributed by atoms with Gasteiger partial charge in [0.2, 0.25) is 17.8 Å². The molecule has 2 amide bonds. The maximum Gasteiger partial charge on any atom is 0.292 e. The predicted octanol–water partition coefficient (Wildman–Crippen LogP) is 1.20. The standard InChI is InChI=1S/C18H17N7O4/c19-17(20-11-6-2-1-3-7-11)24-18-22-13(16(27)23-18)10-15(26)21-12-8-4-5-9-14(12)25(28)29/h1-9,13H,10H2,(H,21,26)(H4,19,20,22,23,24,27)/t13-/m0/s1. The molecule has 1 heterocycles. The van der Waals surface area contributed by atoms with Crippen molar-refractivity contribution in [3.63, 3.8) is 0 Å². The first-order valence-electron chi connectivity index (χ1n) is 8.50. The van der Waals surface area contributed by atoms with Crippen LogP contribution in [0, 0.1) is 10.1 Å². The SMILES string of the molecule is NC(=NC1=N[C@@H](CC(=O)Nc2ccccc2[N+](=O)[O-])C(=O)N1)Nc1ccccc1. The van der Waals surface area contributed by atoms with Crippen LogP contribution in [0.3, 0.4) is 0 Å². The number of nitrogens with one attached hydrogen (secondary N) is 3. The molecule has 3 rings (SSSR count). The zero-order valence-electron chi connectivity index (χ0n) is 15.0. The van der Waals surface area contributed by atoms with E-state index in [1.54, 1.807) is 18.2 Å². The molecule has 0 bridgehead atoms. The second kappa shape index (κ2) is 8.61. The third-order valence-electron chi connectivity index (χ3n) is 3.84. The summed E-state index contributed by atoms with van der Waals surface area (Å²) < 4.78 is 0. The Morgan fingerprint density at radius 2 is 1.86 bits per heavy atom. The van der Waals surface area contributed by atoms with E-state index in [0.29, 0.717) is 5.69 Å². The number of carbonyl (C=O) groups is 2. The second-order valence-corrected chi connectivity index (χ2v) is 5.97. The smallest absolute Gasteiger partial charge is 0.292 e. The first-order valence-corrected chi connectivity index (χ1v) is 8.50. The van der Waals surface area contributed by atoms with Crippen molar-refractivity contribution in [2.24, 2.45) is 15.7 Å². The summed E-state index contributed by atoms with van der Waals surface area (Å²) in [7, 11) is 0. The van der Waals surface area contributed by atoms with Crippen molar-refractivity contribution in [1.82, 2.24) is 5.32 Å². The summed E-state index contributed by atoms with van der Waals surface area (Å²) in [5.41, 5.74) is 6.29. The number of hydrogen-bond donors (Lipinski definition) is 4. The van der Waals surface area contributed by atoms with Crippen LogP contribution in [-0.2, 0) is 9.59 Å². The number of nitrogens with two attached hydrogens (primary N) is 1. The Bertz CT molecular complexity index is 1000. The van der Waals surface area contributed by atoms with Gasteiger partial charge >= 0.3 is 0 Å². The minimum Gasteiger partial charge on any atom is -0.369 e. The monoisotopic (exact) mass is 395 g/mol. The van der Waals surface area contributed by atoms with Crippen LogP contribution < -0.4 is 21.7 Å². The lowest BCUT2D eigenvalue weighted by molar-refractivity contribution is -0.383. The van der Waals surface area contributed by atoms with E-state index in [0.717, 1.165) is 0 Å². The van der Waals surface area contributed by atoms with Crippen molar-refractivity contribution >= 4 is 40.8 Å². The molecule has 0 spiro atoms. The molecule has 0 fully saturated rings. The molecular formula is C18H17N7O4. The van der Waals surface area contributed by atoms with Gasteiger partial charge in [0.15, 0.2) is 0 Å². The van der Waals surface area contributed by atoms with Gasteiger partial charge in [-0.2, -0.15) is 4.99 Å². The predicted molar refractivity (Wildman–Crippen MR) is 107 cm³/mol. The quantitative estimate of drug-likeness (QED) is 0.257. The molecule has 0 aromatic heterocycles. The number of guanidine groups is 2. The van der Waals surface area contributed by atoms with E-state index >= 15 is 0 Å². The molecule has 1 aliphatic heterocycles. The Morgan fingerprint density at radius 1 is 1.17 bits per heavy atom. The number of amides is 2. The average molecular weight is 395 g/mol. The van der Waals surface area contributed by atoms with Crippen molar-refractivity contribution < 1.29 is 14.5 Å². The Kier molecular flexibility index (Phi) is 5.78. The van der Waals surface area contributed by atoms with E-state index in [1.165, 1.54) is 18.2 Å². The summed E-state index contributed by atoms with van der Waals surface area (Å²) in [6.07, 6.45) is -0.303. The van der Waals surface area contributed by atoms with E-state index in [1.807, 2.05) is 18.2 Å². The largest absolute Gasteiger partial charge is 0.369 e. The molecule has 11 heteroatoms. The summed E-state index contributed by atoms with van der Waals surface area (Å²) in [5.74, 6) is -1.13. The number of benzene rings is 2. The van der Waals surface area contributed by atoms with Crippen LogP contribution in [0.1, 0.15) is 6.42 Å². The van der Waals surface area contributed by atoms with Gasteiger partial charge in [-0.25, -0.2) is 4.99 Å². The molecule has 2 aromatic rings. The fourth-order valence-electron chi connectivity index (χ4n) is 2.55. The third kappa shape index (κ3) is 5.13. The Hall–Kier alpha value is -4.28. The molecule has 11 nitrogen and oxygen atoms in total. The molecule has 5 N–H and O–H groups in total. The number of nitro benzene ring substituents is 1. The highest BCUT2D eigenvalue weighted by Crippen LogP contribution is 2.23. The van der Waals surface area contributed by atoms with Crippen LogP contribution in [0.4, 0.5) is 17.1 Å². The van der Waals surface area contributed by atoms with E-state index in [9.17, 15) is 19.7 Å². The molecule has 0 saturated carbocycles. The summed E-state index contributed by atoms with van der Waals surface area (Å²) in [6, 6.07) is 13.7. The number of hydrogen-bond acceptors (Lipinski definition) is 6. The van der Waals surface area contributed by atoms with Crippen molar-refractivity contribution in [2.75, 3.05) is 10.6 Å². The zero-order chi connectivity index (χ0) is 20.8. The van der Waals surface area contributed by atoms with Crippen LogP contribution in [0.5, 0.6) is 0 Å². The lowest BCUT2D eigenvalue weighted by atomic mass is 10.2. The van der Waals surface area contributed by atoms with E-state index < -0.39 is 22.8 Å². The summed E-state index contributed by atoms with van der Waals surface area (Å²) in [6.45, 7) is 0. The minimum atomic E-state index is -1.01. The van der Waals surface area contributed by atoms with Gasteiger partial charge in [-0.05, 0) is 18.2 Å². The highest BCUT2D eigenvalue weighted by Gasteiger charge is 2.29. The van der Waals surface area contributed by atoms with E-state index in [2.05, 4.69) is 25.9 Å². The summed E-state index contributed by atoms with van der Waals surface area (Å²) in [4.78, 5) is 42.7. The maximum atomic E-state index is 12.2. The molecule has 0 aliphatic carbocycles. The number of carbonyl (C=O) groups excluding carboxylic acids is 2. The average Bonchev–Trinajstić information content (AvgIpc) is 3.01. The highest BCUT2D eigenvalue weighted by molar-refractivity contribution is 6.11. The number of para-hydroxylation sites is 3. The second-order valence-electron chi connectivity index (χ2n) is 5.97. The number of aliphatic imine (C=N–C) groups is 2. The molecule has 0 unspecified atom stereocenters. The van der Waals surface area contributed by atoms with Gasteiger partial charge < -0.3 is 16.4 Å². The fourth-order valence-corrected chi connectivity index (χ4v) is 2.55. The van der Waals surface area contributed by atoms with E-state index in [4.69, 9.17) is 5.73 Å². The van der Waals surface area contributed by atoms with Gasteiger partial charge in [0, 0.05) is 11.8 Å². The van der Waals surface area contributed by atoms with Crippen molar-refractivity contribution in [1.29, 1.82) is 0 Å². The normalized spacial score (nSPS) is 16.0. The lowest BCUT2D eigenvalue weighted by Gasteiger charge is -2.07. The lowest BCUT2D eigenvalue weighted by Crippen LogP contribution is -2.32. The van der Waals surface area contributed by atoms with Crippen LogP contribution in [-0.4, -0.2) is 34.7 Å². The number of nitro groups is 1. The topological polar surface area (TPSA) is 164 Å². The fraction of sp³-hybridized carbons (Fsp3) is 0.111. The first kappa shape index (κ1) is 19.5. The molecule has 2 aromatic carbocycles. The zero-order valence-corrected chi connectivity index (χ0v) is 15.0. The molecule has 148 valence electrons. The molecule has 1 atom stereocenters. The molecule has 0 radical (unpaired) electrons. The van der Waals surface area contributed by atoms with Gasteiger partial charge in [0.05, 0.1) is 11.3 Å². The Labute approximate surface area is 164 Å². The maximum absolute atomic E-state index is 12.2. The van der Waals surface area contributed by atoms with Crippen LogP contribution >= 0.6 is 0 Å². The van der Waals surface area contributed by atoms with Gasteiger partial charge in [-0.15, -0.1) is 0 Å². The van der Waals surface area contributed by atoms with Crippen molar-refractivity contribution in [3.05, 3.63) is 64.7 Å². The number of nitrogens with zero attached hydrogens (tertiary/aromatic N) is 3. The van der Waals surface area contributed by atoms with Gasteiger partial charge in [-0.1, -0.05) is 30.3 Å². The van der Waals surface area contributed by atoms with E-state index in [-0.39, 0.29) is 29.7 Å². The third-order valence-corrected chi connectivity index (χ3v) is 3.84. The van der Waals surface area contributed by atoms with Gasteiger partial charge in [0.1, 0.15) is 11.7 Å². The number of anilines is 2. The molecular weight excluding hydrogens is 378 g/mol. The summed E-state index contributed by atoms with van der Waals surface area (Å²) in [5, 5.41) is 18.7. The molecule has 1 aliphatic rings. The van der Waals surface area contributed by atoms with Crippen molar-refractivity contribution in [3.8, 4) is 0 Å². The summed E-state index contributed by atoms with van der Waals surface area (Å²) >= 11 is 0. The molecule has 0 saturated heterocycles. The van der Waals surface area contributed by atoms with Crippen LogP contribution in [0.25, 0.3) is 0 Å². The Morgan fingerprint density at radius 3 is 2.59 bits per heavy atom. The number of rotatable bonds is 5. The van der Waals surface area contributed by atoms with Gasteiger partial charge in [0.25, 0.3) is 11.6 Å².